The van der Waals surface area contributed by atoms with Crippen LogP contribution in [0.4, 0.5) is 8.78 Å². The highest BCUT2D eigenvalue weighted by Gasteiger charge is 2.16. The Kier molecular flexibility index (Phi) is 4.17. The molecule has 6 heteroatoms. The first kappa shape index (κ1) is 14.0. The molecule has 1 aromatic carbocycles. The standard InChI is InChI=1S/C13H10ClF2NOS/c1-7(11-4-5-12(14)19-11)17-13(18)9-6-8(15)2-3-10(9)16/h2-7H,1H3,(H,17,18)/t7-/m0/s1. The number of carbonyl (C=O) groups is 1. The van der Waals surface area contributed by atoms with Gasteiger partial charge in [0.05, 0.1) is 15.9 Å². The summed E-state index contributed by atoms with van der Waals surface area (Å²) in [6.07, 6.45) is 0. The first-order chi connectivity index (χ1) is 8.97. The van der Waals surface area contributed by atoms with Crippen LogP contribution in [0.1, 0.15) is 28.2 Å². The Morgan fingerprint density at radius 3 is 2.68 bits per heavy atom. The SMILES string of the molecule is C[C@H](NC(=O)c1cc(F)ccc1F)c1ccc(Cl)s1. The van der Waals surface area contributed by atoms with E-state index >= 15 is 0 Å². The van der Waals surface area contributed by atoms with Crippen LogP contribution in [-0.4, -0.2) is 5.91 Å². The van der Waals surface area contributed by atoms with Gasteiger partial charge in [0.2, 0.25) is 0 Å². The molecular weight excluding hydrogens is 292 g/mol. The van der Waals surface area contributed by atoms with Gasteiger partial charge >= 0.3 is 0 Å². The molecule has 0 radical (unpaired) electrons. The van der Waals surface area contributed by atoms with E-state index in [-0.39, 0.29) is 11.6 Å². The number of amides is 1. The van der Waals surface area contributed by atoms with E-state index in [1.807, 2.05) is 0 Å². The van der Waals surface area contributed by atoms with Crippen molar-refractivity contribution in [2.75, 3.05) is 0 Å². The van der Waals surface area contributed by atoms with E-state index in [4.69, 9.17) is 11.6 Å². The minimum absolute atomic E-state index is 0.311. The van der Waals surface area contributed by atoms with Crippen LogP contribution in [0.25, 0.3) is 0 Å². The first-order valence-corrected chi connectivity index (χ1v) is 6.68. The Morgan fingerprint density at radius 1 is 1.32 bits per heavy atom. The fourth-order valence-corrected chi connectivity index (χ4v) is 2.64. The quantitative estimate of drug-likeness (QED) is 0.905. The average molecular weight is 302 g/mol. The summed E-state index contributed by atoms with van der Waals surface area (Å²) in [6, 6.07) is 5.93. The normalized spacial score (nSPS) is 12.2. The Hall–Kier alpha value is -1.46. The highest BCUT2D eigenvalue weighted by Crippen LogP contribution is 2.26. The Bertz CT molecular complexity index is 614. The van der Waals surface area contributed by atoms with Gasteiger partial charge in [-0.3, -0.25) is 4.79 Å². The van der Waals surface area contributed by atoms with E-state index in [1.54, 1.807) is 19.1 Å². The van der Waals surface area contributed by atoms with E-state index < -0.39 is 17.5 Å². The third-order valence-corrected chi connectivity index (χ3v) is 3.96. The zero-order valence-electron chi connectivity index (χ0n) is 9.91. The number of thiophene rings is 1. The highest BCUT2D eigenvalue weighted by atomic mass is 35.5. The summed E-state index contributed by atoms with van der Waals surface area (Å²) < 4.78 is 27.0. The lowest BCUT2D eigenvalue weighted by atomic mass is 10.1. The van der Waals surface area contributed by atoms with Crippen LogP contribution in [0.15, 0.2) is 30.3 Å². The molecule has 1 aromatic heterocycles. The molecule has 1 N–H and O–H groups in total. The van der Waals surface area contributed by atoms with E-state index in [1.165, 1.54) is 11.3 Å². The van der Waals surface area contributed by atoms with E-state index in [2.05, 4.69) is 5.32 Å². The Balaban J connectivity index is 2.15. The maximum atomic E-state index is 13.4. The predicted octanol–water partition coefficient (Wildman–Crippen LogP) is 4.17. The second kappa shape index (κ2) is 5.67. The molecule has 0 aliphatic heterocycles. The molecule has 0 saturated heterocycles. The van der Waals surface area contributed by atoms with Crippen molar-refractivity contribution in [1.29, 1.82) is 0 Å². The average Bonchev–Trinajstić information content (AvgIpc) is 2.79. The monoisotopic (exact) mass is 301 g/mol. The fraction of sp³-hybridized carbons (Fsp3) is 0.154. The van der Waals surface area contributed by atoms with Crippen molar-refractivity contribution < 1.29 is 13.6 Å². The number of hydrogen-bond donors (Lipinski definition) is 1. The zero-order valence-corrected chi connectivity index (χ0v) is 11.5. The minimum Gasteiger partial charge on any atom is -0.345 e. The summed E-state index contributed by atoms with van der Waals surface area (Å²) in [5, 5.41) is 2.60. The summed E-state index contributed by atoms with van der Waals surface area (Å²) in [5.74, 6) is -2.07. The number of nitrogens with one attached hydrogen (secondary N) is 1. The summed E-state index contributed by atoms with van der Waals surface area (Å²) in [6.45, 7) is 1.75. The van der Waals surface area contributed by atoms with Gasteiger partial charge in [-0.15, -0.1) is 11.3 Å². The third-order valence-electron chi connectivity index (χ3n) is 2.54. The lowest BCUT2D eigenvalue weighted by molar-refractivity contribution is 0.0936. The van der Waals surface area contributed by atoms with Crippen LogP contribution in [0.2, 0.25) is 4.34 Å². The molecule has 19 heavy (non-hydrogen) atoms. The molecule has 0 saturated carbocycles. The number of hydrogen-bond acceptors (Lipinski definition) is 2. The van der Waals surface area contributed by atoms with Crippen LogP contribution in [0.5, 0.6) is 0 Å². The molecule has 1 amide bonds. The molecule has 0 fully saturated rings. The van der Waals surface area contributed by atoms with E-state index in [0.717, 1.165) is 23.1 Å². The number of benzene rings is 1. The largest absolute Gasteiger partial charge is 0.345 e. The third kappa shape index (κ3) is 3.30. The fourth-order valence-electron chi connectivity index (χ4n) is 1.58. The number of rotatable bonds is 3. The minimum atomic E-state index is -0.754. The van der Waals surface area contributed by atoms with Crippen LogP contribution in [0, 0.1) is 11.6 Å². The van der Waals surface area contributed by atoms with Crippen LogP contribution in [-0.2, 0) is 0 Å². The van der Waals surface area contributed by atoms with Crippen molar-refractivity contribution in [2.24, 2.45) is 0 Å². The topological polar surface area (TPSA) is 29.1 Å². The lowest BCUT2D eigenvalue weighted by Crippen LogP contribution is -2.27. The molecule has 2 aromatic rings. The molecule has 1 atom stereocenters. The van der Waals surface area contributed by atoms with Crippen molar-refractivity contribution in [3.8, 4) is 0 Å². The Morgan fingerprint density at radius 2 is 2.05 bits per heavy atom. The van der Waals surface area contributed by atoms with Crippen molar-refractivity contribution in [3.05, 3.63) is 56.7 Å². The van der Waals surface area contributed by atoms with Gasteiger partial charge in [-0.25, -0.2) is 8.78 Å². The highest BCUT2D eigenvalue weighted by molar-refractivity contribution is 7.16. The molecular formula is C13H10ClF2NOS. The molecule has 0 spiro atoms. The second-order valence-electron chi connectivity index (χ2n) is 3.96. The molecule has 2 nitrogen and oxygen atoms in total. The molecule has 100 valence electrons. The van der Waals surface area contributed by atoms with Crippen molar-refractivity contribution in [3.63, 3.8) is 0 Å². The molecule has 0 aliphatic rings. The Labute approximate surface area is 118 Å². The summed E-state index contributed by atoms with van der Waals surface area (Å²) in [7, 11) is 0. The molecule has 1 heterocycles. The summed E-state index contributed by atoms with van der Waals surface area (Å²) >= 11 is 7.12. The van der Waals surface area contributed by atoms with Crippen LogP contribution >= 0.6 is 22.9 Å². The van der Waals surface area contributed by atoms with Gasteiger partial charge < -0.3 is 5.32 Å². The molecule has 0 bridgehead atoms. The number of carbonyl (C=O) groups excluding carboxylic acids is 1. The summed E-state index contributed by atoms with van der Waals surface area (Å²) in [4.78, 5) is 12.7. The smallest absolute Gasteiger partial charge is 0.254 e. The van der Waals surface area contributed by atoms with E-state index in [9.17, 15) is 13.6 Å². The first-order valence-electron chi connectivity index (χ1n) is 5.48. The van der Waals surface area contributed by atoms with Gasteiger partial charge in [-0.05, 0) is 37.3 Å². The molecule has 2 rings (SSSR count). The van der Waals surface area contributed by atoms with Gasteiger partial charge in [0, 0.05) is 4.88 Å². The van der Waals surface area contributed by atoms with Gasteiger partial charge in [0.15, 0.2) is 0 Å². The maximum Gasteiger partial charge on any atom is 0.254 e. The van der Waals surface area contributed by atoms with Gasteiger partial charge in [-0.1, -0.05) is 11.6 Å². The van der Waals surface area contributed by atoms with Gasteiger partial charge in [0.1, 0.15) is 11.6 Å². The van der Waals surface area contributed by atoms with Crippen molar-refractivity contribution in [1.82, 2.24) is 5.32 Å². The van der Waals surface area contributed by atoms with Crippen LogP contribution in [0.3, 0.4) is 0 Å². The predicted molar refractivity (Wildman–Crippen MR) is 71.6 cm³/mol. The second-order valence-corrected chi connectivity index (χ2v) is 5.71. The summed E-state index contributed by atoms with van der Waals surface area (Å²) in [5.41, 5.74) is -0.311. The van der Waals surface area contributed by atoms with Crippen molar-refractivity contribution >= 4 is 28.8 Å². The molecule has 0 unspecified atom stereocenters. The van der Waals surface area contributed by atoms with Gasteiger partial charge in [-0.2, -0.15) is 0 Å². The molecule has 0 aliphatic carbocycles. The number of halogens is 3. The zero-order chi connectivity index (χ0) is 14.0. The van der Waals surface area contributed by atoms with Crippen LogP contribution < -0.4 is 5.32 Å². The van der Waals surface area contributed by atoms with Crippen molar-refractivity contribution in [2.45, 2.75) is 13.0 Å². The lowest BCUT2D eigenvalue weighted by Gasteiger charge is -2.12. The van der Waals surface area contributed by atoms with E-state index in [0.29, 0.717) is 4.34 Å². The maximum absolute atomic E-state index is 13.4. The van der Waals surface area contributed by atoms with Gasteiger partial charge in [0.25, 0.3) is 5.91 Å².